The number of unbranched alkanes of at least 4 members (excludes halogenated alkanes) is 1. The summed E-state index contributed by atoms with van der Waals surface area (Å²) in [6.07, 6.45) is 3.40. The number of benzene rings is 1. The number of methoxy groups -OCH3 is 1. The molecule has 122 valence electrons. The van der Waals surface area contributed by atoms with Crippen LogP contribution in [0.15, 0.2) is 18.2 Å². The van der Waals surface area contributed by atoms with E-state index in [1.807, 2.05) is 17.0 Å². The minimum Gasteiger partial charge on any atom is -0.465 e. The van der Waals surface area contributed by atoms with Crippen molar-refractivity contribution in [2.75, 3.05) is 13.7 Å². The maximum absolute atomic E-state index is 12.3. The van der Waals surface area contributed by atoms with Gasteiger partial charge in [-0.2, -0.15) is 0 Å². The Bertz CT molecular complexity index is 748. The fraction of sp³-hybridized carbons (Fsp3) is 0.444. The first kappa shape index (κ1) is 15.6. The van der Waals surface area contributed by atoms with Gasteiger partial charge in [-0.25, -0.2) is 4.79 Å². The number of fused-ring (bicyclic) bond motifs is 3. The van der Waals surface area contributed by atoms with Crippen molar-refractivity contribution in [1.82, 2.24) is 9.88 Å². The maximum Gasteiger partial charge on any atom is 0.337 e. The molecule has 1 aromatic carbocycles. The summed E-state index contributed by atoms with van der Waals surface area (Å²) < 4.78 is 4.80. The number of rotatable bonds is 4. The molecular formula is C18H22N2O3. The molecule has 1 aliphatic rings. The molecule has 1 N–H and O–H groups in total. The molecular weight excluding hydrogens is 292 g/mol. The molecule has 0 aliphatic carbocycles. The fourth-order valence-corrected chi connectivity index (χ4v) is 3.16. The van der Waals surface area contributed by atoms with Crippen molar-refractivity contribution >= 4 is 22.8 Å². The van der Waals surface area contributed by atoms with Crippen LogP contribution in [0.2, 0.25) is 0 Å². The average molecular weight is 314 g/mol. The summed E-state index contributed by atoms with van der Waals surface area (Å²) in [4.78, 5) is 29.4. The van der Waals surface area contributed by atoms with Crippen LogP contribution in [0.25, 0.3) is 10.9 Å². The second-order valence-electron chi connectivity index (χ2n) is 6.00. The van der Waals surface area contributed by atoms with Crippen LogP contribution >= 0.6 is 0 Å². The SMILES string of the molecule is CCCCC(=O)N1CCc2[nH]c3ccc(C(=O)OC)cc3c2C1. The number of nitrogens with one attached hydrogen (secondary N) is 1. The van der Waals surface area contributed by atoms with Gasteiger partial charge in [-0.1, -0.05) is 13.3 Å². The van der Waals surface area contributed by atoms with Gasteiger partial charge in [0.2, 0.25) is 5.91 Å². The van der Waals surface area contributed by atoms with Gasteiger partial charge in [0.15, 0.2) is 0 Å². The molecule has 1 aliphatic heterocycles. The normalized spacial score (nSPS) is 13.9. The Morgan fingerprint density at radius 3 is 2.91 bits per heavy atom. The van der Waals surface area contributed by atoms with Crippen LogP contribution in [0.4, 0.5) is 0 Å². The summed E-state index contributed by atoms with van der Waals surface area (Å²) in [7, 11) is 1.38. The first-order valence-corrected chi connectivity index (χ1v) is 8.13. The van der Waals surface area contributed by atoms with Crippen molar-refractivity contribution in [2.24, 2.45) is 0 Å². The van der Waals surface area contributed by atoms with Gasteiger partial charge in [-0.05, 0) is 24.6 Å². The van der Waals surface area contributed by atoms with Crippen molar-refractivity contribution in [3.05, 3.63) is 35.0 Å². The molecule has 0 unspecified atom stereocenters. The number of aromatic amines is 1. The van der Waals surface area contributed by atoms with E-state index in [1.165, 1.54) is 12.8 Å². The standard InChI is InChI=1S/C18H22N2O3/c1-3-4-5-17(21)20-9-8-16-14(11-20)13-10-12(18(22)23-2)6-7-15(13)19-16/h6-7,10,19H,3-5,8-9,11H2,1-2H3. The molecule has 2 heterocycles. The lowest BCUT2D eigenvalue weighted by Crippen LogP contribution is -2.35. The highest BCUT2D eigenvalue weighted by molar-refractivity contribution is 5.96. The van der Waals surface area contributed by atoms with Gasteiger partial charge in [0.1, 0.15) is 0 Å². The highest BCUT2D eigenvalue weighted by atomic mass is 16.5. The van der Waals surface area contributed by atoms with E-state index in [-0.39, 0.29) is 11.9 Å². The van der Waals surface area contributed by atoms with E-state index in [9.17, 15) is 9.59 Å². The molecule has 23 heavy (non-hydrogen) atoms. The highest BCUT2D eigenvalue weighted by Crippen LogP contribution is 2.29. The zero-order valence-electron chi connectivity index (χ0n) is 13.6. The number of hydrogen-bond donors (Lipinski definition) is 1. The molecule has 1 amide bonds. The molecule has 2 aromatic rings. The molecule has 0 bridgehead atoms. The summed E-state index contributed by atoms with van der Waals surface area (Å²) in [5.74, 6) is -0.121. The average Bonchev–Trinajstić information content (AvgIpc) is 2.95. The van der Waals surface area contributed by atoms with Crippen LogP contribution in [0.5, 0.6) is 0 Å². The Labute approximate surface area is 135 Å². The number of carbonyl (C=O) groups excluding carboxylic acids is 2. The van der Waals surface area contributed by atoms with Gasteiger partial charge in [0, 0.05) is 48.1 Å². The van der Waals surface area contributed by atoms with Gasteiger partial charge in [0.25, 0.3) is 0 Å². The van der Waals surface area contributed by atoms with Gasteiger partial charge in [-0.15, -0.1) is 0 Å². The van der Waals surface area contributed by atoms with Crippen LogP contribution < -0.4 is 0 Å². The Hall–Kier alpha value is -2.30. The molecule has 3 rings (SSSR count). The van der Waals surface area contributed by atoms with Crippen molar-refractivity contribution in [1.29, 1.82) is 0 Å². The molecule has 0 radical (unpaired) electrons. The molecule has 0 atom stereocenters. The number of amides is 1. The third-order valence-electron chi connectivity index (χ3n) is 4.49. The first-order chi connectivity index (χ1) is 11.1. The minimum absolute atomic E-state index is 0.218. The third-order valence-corrected chi connectivity index (χ3v) is 4.49. The van der Waals surface area contributed by atoms with E-state index in [0.29, 0.717) is 18.5 Å². The van der Waals surface area contributed by atoms with Crippen LogP contribution in [0.1, 0.15) is 47.8 Å². The lowest BCUT2D eigenvalue weighted by atomic mass is 10.0. The second-order valence-corrected chi connectivity index (χ2v) is 6.00. The molecule has 5 nitrogen and oxygen atoms in total. The fourth-order valence-electron chi connectivity index (χ4n) is 3.16. The Kier molecular flexibility index (Phi) is 4.37. The predicted molar refractivity (Wildman–Crippen MR) is 88.3 cm³/mol. The van der Waals surface area contributed by atoms with E-state index in [1.54, 1.807) is 6.07 Å². The maximum atomic E-state index is 12.3. The van der Waals surface area contributed by atoms with E-state index in [4.69, 9.17) is 4.74 Å². The van der Waals surface area contributed by atoms with E-state index in [2.05, 4.69) is 11.9 Å². The first-order valence-electron chi connectivity index (χ1n) is 8.13. The van der Waals surface area contributed by atoms with Crippen LogP contribution in [-0.4, -0.2) is 35.4 Å². The van der Waals surface area contributed by atoms with E-state index >= 15 is 0 Å². The Balaban J connectivity index is 1.91. The van der Waals surface area contributed by atoms with Gasteiger partial charge in [-0.3, -0.25) is 4.79 Å². The predicted octanol–water partition coefficient (Wildman–Crippen LogP) is 3.03. The molecule has 0 saturated heterocycles. The van der Waals surface area contributed by atoms with Crippen molar-refractivity contribution < 1.29 is 14.3 Å². The van der Waals surface area contributed by atoms with Crippen molar-refractivity contribution in [3.63, 3.8) is 0 Å². The Morgan fingerprint density at radius 2 is 2.17 bits per heavy atom. The topological polar surface area (TPSA) is 62.4 Å². The highest BCUT2D eigenvalue weighted by Gasteiger charge is 2.24. The summed E-state index contributed by atoms with van der Waals surface area (Å²) in [6.45, 7) is 3.46. The molecule has 0 spiro atoms. The van der Waals surface area contributed by atoms with E-state index in [0.717, 1.165) is 42.3 Å². The van der Waals surface area contributed by atoms with Crippen LogP contribution in [-0.2, 0) is 22.5 Å². The minimum atomic E-state index is -0.339. The number of esters is 1. The van der Waals surface area contributed by atoms with Gasteiger partial charge in [0.05, 0.1) is 12.7 Å². The van der Waals surface area contributed by atoms with Gasteiger partial charge >= 0.3 is 5.97 Å². The monoisotopic (exact) mass is 314 g/mol. The summed E-state index contributed by atoms with van der Waals surface area (Å²) in [6, 6.07) is 5.53. The number of nitrogens with zero attached hydrogens (tertiary/aromatic N) is 1. The van der Waals surface area contributed by atoms with Crippen LogP contribution in [0.3, 0.4) is 0 Å². The lowest BCUT2D eigenvalue weighted by molar-refractivity contribution is -0.132. The number of hydrogen-bond acceptors (Lipinski definition) is 3. The number of carbonyl (C=O) groups is 2. The molecule has 0 saturated carbocycles. The zero-order valence-corrected chi connectivity index (χ0v) is 13.6. The summed E-state index contributed by atoms with van der Waals surface area (Å²) in [5, 5.41) is 1.01. The van der Waals surface area contributed by atoms with Crippen molar-refractivity contribution in [2.45, 2.75) is 39.2 Å². The van der Waals surface area contributed by atoms with Crippen LogP contribution in [0, 0.1) is 0 Å². The summed E-state index contributed by atoms with van der Waals surface area (Å²) in [5.41, 5.74) is 3.84. The zero-order chi connectivity index (χ0) is 16.4. The third kappa shape index (κ3) is 2.96. The van der Waals surface area contributed by atoms with E-state index < -0.39 is 0 Å². The smallest absolute Gasteiger partial charge is 0.337 e. The largest absolute Gasteiger partial charge is 0.465 e. The molecule has 0 fully saturated rings. The Morgan fingerprint density at radius 1 is 1.35 bits per heavy atom. The molecule has 1 aromatic heterocycles. The molecule has 5 heteroatoms. The quantitative estimate of drug-likeness (QED) is 0.882. The number of H-pyrrole nitrogens is 1. The van der Waals surface area contributed by atoms with Crippen molar-refractivity contribution in [3.8, 4) is 0 Å². The van der Waals surface area contributed by atoms with Gasteiger partial charge < -0.3 is 14.6 Å². The second kappa shape index (κ2) is 6.44. The number of ether oxygens (including phenoxy) is 1. The number of aromatic nitrogens is 1. The summed E-state index contributed by atoms with van der Waals surface area (Å²) >= 11 is 0. The lowest BCUT2D eigenvalue weighted by Gasteiger charge is -2.27.